The first kappa shape index (κ1) is 14.5. The van der Waals surface area contributed by atoms with E-state index < -0.39 is 20.6 Å². The van der Waals surface area contributed by atoms with E-state index in [-0.39, 0.29) is 12.5 Å². The van der Waals surface area contributed by atoms with Crippen molar-refractivity contribution in [1.29, 1.82) is 0 Å². The molecule has 0 aliphatic heterocycles. The van der Waals surface area contributed by atoms with Crippen molar-refractivity contribution in [2.45, 2.75) is 30.1 Å². The zero-order valence-corrected chi connectivity index (χ0v) is 12.4. The fraction of sp³-hybridized carbons (Fsp3) is 0.571. The van der Waals surface area contributed by atoms with Crippen LogP contribution in [0.4, 0.5) is 0 Å². The third kappa shape index (κ3) is 2.55. The van der Waals surface area contributed by atoms with Gasteiger partial charge in [-0.05, 0) is 17.5 Å². The summed E-state index contributed by atoms with van der Waals surface area (Å²) in [5.41, 5.74) is 7.64. The van der Waals surface area contributed by atoms with Gasteiger partial charge in [0.2, 0.25) is 0 Å². The number of rotatable bonds is 5. The Bertz CT molecular complexity index is 553. The summed E-state index contributed by atoms with van der Waals surface area (Å²) >= 11 is 0. The number of nitrogens with two attached hydrogens (primary N) is 1. The molecule has 1 aromatic carbocycles. The molecule has 2 rings (SSSR count). The lowest BCUT2D eigenvalue weighted by Crippen LogP contribution is -2.35. The van der Waals surface area contributed by atoms with E-state index in [4.69, 9.17) is 10.5 Å². The molecule has 4 nitrogen and oxygen atoms in total. The predicted molar refractivity (Wildman–Crippen MR) is 76.0 cm³/mol. The average molecular weight is 283 g/mol. The van der Waals surface area contributed by atoms with Gasteiger partial charge in [-0.3, -0.25) is 0 Å². The van der Waals surface area contributed by atoms with Crippen LogP contribution >= 0.6 is 0 Å². The molecule has 0 bridgehead atoms. The minimum absolute atomic E-state index is 0.173. The molecule has 1 aliphatic rings. The van der Waals surface area contributed by atoms with Crippen LogP contribution in [0.1, 0.15) is 24.0 Å². The number of aryl methyl sites for hydroxylation is 1. The van der Waals surface area contributed by atoms with E-state index in [1.165, 1.54) is 11.8 Å². The van der Waals surface area contributed by atoms with Gasteiger partial charge in [0.25, 0.3) is 0 Å². The highest BCUT2D eigenvalue weighted by atomic mass is 32.2. The molecule has 0 amide bonds. The van der Waals surface area contributed by atoms with Crippen LogP contribution in [0.25, 0.3) is 0 Å². The normalized spacial score (nSPS) is 30.3. The monoisotopic (exact) mass is 283 g/mol. The Balaban J connectivity index is 2.32. The van der Waals surface area contributed by atoms with Crippen LogP contribution in [-0.4, -0.2) is 39.2 Å². The van der Waals surface area contributed by atoms with E-state index in [2.05, 4.69) is 6.92 Å². The number of methoxy groups -OCH3 is 1. The topological polar surface area (TPSA) is 69.4 Å². The number of sulfone groups is 1. The average Bonchev–Trinajstić information content (AvgIpc) is 2.96. The first-order chi connectivity index (χ1) is 8.84. The van der Waals surface area contributed by atoms with Crippen LogP contribution in [-0.2, 0) is 21.0 Å². The summed E-state index contributed by atoms with van der Waals surface area (Å²) in [7, 11) is -1.63. The van der Waals surface area contributed by atoms with Crippen LogP contribution in [0.2, 0.25) is 0 Å². The van der Waals surface area contributed by atoms with Crippen LogP contribution in [0.15, 0.2) is 24.3 Å². The van der Waals surface area contributed by atoms with Crippen molar-refractivity contribution in [3.8, 4) is 0 Å². The van der Waals surface area contributed by atoms with Gasteiger partial charge in [-0.1, -0.05) is 31.2 Å². The smallest absolute Gasteiger partial charge is 0.152 e. The van der Waals surface area contributed by atoms with Crippen molar-refractivity contribution in [1.82, 2.24) is 0 Å². The summed E-state index contributed by atoms with van der Waals surface area (Å²) in [6.07, 6.45) is 2.21. The van der Waals surface area contributed by atoms with E-state index in [0.717, 1.165) is 12.0 Å². The highest BCUT2D eigenvalue weighted by Gasteiger charge is 2.67. The molecule has 1 aromatic rings. The number of ether oxygens (including phenoxy) is 1. The van der Waals surface area contributed by atoms with E-state index in [0.29, 0.717) is 0 Å². The summed E-state index contributed by atoms with van der Waals surface area (Å²) in [5.74, 6) is -0.173. The summed E-state index contributed by atoms with van der Waals surface area (Å²) in [5, 5.41) is -0.549. The molecule has 2 N–H and O–H groups in total. The van der Waals surface area contributed by atoms with E-state index in [1.807, 2.05) is 24.3 Å². The molecule has 0 heterocycles. The molecule has 0 spiro atoms. The maximum absolute atomic E-state index is 11.9. The highest BCUT2D eigenvalue weighted by Crippen LogP contribution is 2.53. The van der Waals surface area contributed by atoms with Gasteiger partial charge in [0.15, 0.2) is 9.84 Å². The first-order valence-electron chi connectivity index (χ1n) is 6.40. The zero-order valence-electron chi connectivity index (χ0n) is 11.6. The lowest BCUT2D eigenvalue weighted by atomic mass is 10.0. The minimum atomic E-state index is -3.18. The molecule has 0 unspecified atom stereocenters. The molecule has 19 heavy (non-hydrogen) atoms. The highest BCUT2D eigenvalue weighted by molar-refractivity contribution is 7.91. The van der Waals surface area contributed by atoms with Crippen molar-refractivity contribution in [3.63, 3.8) is 0 Å². The summed E-state index contributed by atoms with van der Waals surface area (Å²) in [6.45, 7) is 2.34. The molecule has 0 saturated heterocycles. The molecule has 106 valence electrons. The Labute approximate surface area is 114 Å². The van der Waals surface area contributed by atoms with Crippen LogP contribution in [0.3, 0.4) is 0 Å². The second kappa shape index (κ2) is 4.89. The predicted octanol–water partition coefficient (Wildman–Crippen LogP) is 1.10. The van der Waals surface area contributed by atoms with Crippen LogP contribution < -0.4 is 5.73 Å². The van der Waals surface area contributed by atoms with Crippen LogP contribution in [0.5, 0.6) is 0 Å². The molecule has 0 aromatic heterocycles. The number of benzene rings is 1. The molecule has 3 atom stereocenters. The maximum atomic E-state index is 11.9. The molecular formula is C14H21NO3S. The second-order valence-electron chi connectivity index (χ2n) is 5.37. The van der Waals surface area contributed by atoms with Crippen molar-refractivity contribution in [3.05, 3.63) is 35.4 Å². The zero-order chi connectivity index (χ0) is 14.3. The quantitative estimate of drug-likeness (QED) is 0.878. The van der Waals surface area contributed by atoms with Crippen LogP contribution in [0, 0.1) is 0 Å². The van der Waals surface area contributed by atoms with Crippen molar-refractivity contribution in [2.75, 3.05) is 20.0 Å². The summed E-state index contributed by atoms with van der Waals surface area (Å²) in [6, 6.07) is 8.01. The van der Waals surface area contributed by atoms with Gasteiger partial charge in [0.1, 0.15) is 0 Å². The Morgan fingerprint density at radius 2 is 1.89 bits per heavy atom. The van der Waals surface area contributed by atoms with Crippen molar-refractivity contribution >= 4 is 9.84 Å². The largest absolute Gasteiger partial charge is 0.383 e. The standard InChI is InChI=1S/C14H21NO3S/c1-4-10-5-7-11(8-6-10)12-13(19(3,16)17)14(12,15)9-18-2/h5-8,12-13H,4,9,15H2,1-3H3/t12-,13+,14+/m0/s1. The van der Waals surface area contributed by atoms with Gasteiger partial charge < -0.3 is 10.5 Å². The van der Waals surface area contributed by atoms with Gasteiger partial charge in [-0.2, -0.15) is 0 Å². The summed E-state index contributed by atoms with van der Waals surface area (Å²) < 4.78 is 28.8. The van der Waals surface area contributed by atoms with Gasteiger partial charge in [-0.15, -0.1) is 0 Å². The lowest BCUT2D eigenvalue weighted by Gasteiger charge is -2.10. The van der Waals surface area contributed by atoms with E-state index in [1.54, 1.807) is 7.11 Å². The second-order valence-corrected chi connectivity index (χ2v) is 7.54. The molecule has 0 radical (unpaired) electrons. The lowest BCUT2D eigenvalue weighted by molar-refractivity contribution is 0.171. The Morgan fingerprint density at radius 1 is 1.32 bits per heavy atom. The Kier molecular flexibility index (Phi) is 3.73. The first-order valence-corrected chi connectivity index (χ1v) is 8.35. The van der Waals surface area contributed by atoms with Crippen molar-refractivity contribution < 1.29 is 13.2 Å². The fourth-order valence-electron chi connectivity index (χ4n) is 2.94. The number of hydrogen-bond acceptors (Lipinski definition) is 4. The fourth-order valence-corrected chi connectivity index (χ4v) is 4.77. The van der Waals surface area contributed by atoms with E-state index >= 15 is 0 Å². The molecular weight excluding hydrogens is 262 g/mol. The minimum Gasteiger partial charge on any atom is -0.383 e. The van der Waals surface area contributed by atoms with Gasteiger partial charge in [-0.25, -0.2) is 8.42 Å². The van der Waals surface area contributed by atoms with E-state index in [9.17, 15) is 8.42 Å². The third-order valence-corrected chi connectivity index (χ3v) is 5.54. The Morgan fingerprint density at radius 3 is 2.32 bits per heavy atom. The summed E-state index contributed by atoms with van der Waals surface area (Å²) in [4.78, 5) is 0. The number of hydrogen-bond donors (Lipinski definition) is 1. The van der Waals surface area contributed by atoms with Gasteiger partial charge in [0, 0.05) is 19.3 Å². The van der Waals surface area contributed by atoms with Gasteiger partial charge in [0.05, 0.1) is 17.4 Å². The SMILES string of the molecule is CCc1ccc([C@H]2[C@@H](S(C)(=O)=O)[C@@]2(N)COC)cc1. The van der Waals surface area contributed by atoms with Crippen molar-refractivity contribution in [2.24, 2.45) is 5.73 Å². The van der Waals surface area contributed by atoms with Gasteiger partial charge >= 0.3 is 0 Å². The molecule has 1 saturated carbocycles. The maximum Gasteiger partial charge on any atom is 0.152 e. The Hall–Kier alpha value is -0.910. The molecule has 1 aliphatic carbocycles. The third-order valence-electron chi connectivity index (χ3n) is 3.91. The molecule has 1 fully saturated rings. The molecule has 5 heteroatoms.